The second-order valence-corrected chi connectivity index (χ2v) is 4.31. The molecule has 0 radical (unpaired) electrons. The predicted molar refractivity (Wildman–Crippen MR) is 69.8 cm³/mol. The molecule has 0 amide bonds. The Morgan fingerprint density at radius 2 is 1.88 bits per heavy atom. The van der Waals surface area contributed by atoms with Gasteiger partial charge < -0.3 is 10.5 Å². The molecule has 0 saturated heterocycles. The standard InChI is InChI=1S/C13H9BrN2O/c14-10-6-5-9(8-15)13(7-10)17-12-4-2-1-3-11(12)16/h1-7H,16H2. The van der Waals surface area contributed by atoms with Crippen LogP contribution in [-0.2, 0) is 0 Å². The zero-order valence-electron chi connectivity index (χ0n) is 8.85. The molecule has 0 atom stereocenters. The van der Waals surface area contributed by atoms with Crippen LogP contribution in [0.25, 0.3) is 0 Å². The molecule has 0 saturated carbocycles. The van der Waals surface area contributed by atoms with Gasteiger partial charge in [-0.15, -0.1) is 0 Å². The summed E-state index contributed by atoms with van der Waals surface area (Å²) >= 11 is 3.34. The topological polar surface area (TPSA) is 59.0 Å². The number of ether oxygens (including phenoxy) is 1. The van der Waals surface area contributed by atoms with E-state index in [-0.39, 0.29) is 0 Å². The molecule has 84 valence electrons. The number of nitrogens with zero attached hydrogens (tertiary/aromatic N) is 1. The van der Waals surface area contributed by atoms with Gasteiger partial charge in [0.2, 0.25) is 0 Å². The zero-order valence-corrected chi connectivity index (χ0v) is 10.4. The number of nitriles is 1. The van der Waals surface area contributed by atoms with Crippen molar-refractivity contribution in [1.82, 2.24) is 0 Å². The third-order valence-corrected chi connectivity index (χ3v) is 2.70. The van der Waals surface area contributed by atoms with Crippen LogP contribution in [0.1, 0.15) is 5.56 Å². The molecule has 4 heteroatoms. The maximum atomic E-state index is 8.98. The Labute approximate surface area is 108 Å². The number of para-hydroxylation sites is 2. The summed E-state index contributed by atoms with van der Waals surface area (Å²) in [5, 5.41) is 8.98. The fourth-order valence-electron chi connectivity index (χ4n) is 1.36. The summed E-state index contributed by atoms with van der Waals surface area (Å²) in [5.74, 6) is 1.03. The quantitative estimate of drug-likeness (QED) is 0.858. The van der Waals surface area contributed by atoms with Crippen molar-refractivity contribution < 1.29 is 4.74 Å². The number of nitrogen functional groups attached to an aromatic ring is 1. The van der Waals surface area contributed by atoms with Gasteiger partial charge in [-0.3, -0.25) is 0 Å². The van der Waals surface area contributed by atoms with Crippen molar-refractivity contribution in [2.24, 2.45) is 0 Å². The van der Waals surface area contributed by atoms with Crippen LogP contribution in [0, 0.1) is 11.3 Å². The molecule has 0 spiro atoms. The van der Waals surface area contributed by atoms with Crippen LogP contribution in [0.5, 0.6) is 11.5 Å². The first-order valence-corrected chi connectivity index (χ1v) is 5.72. The van der Waals surface area contributed by atoms with Gasteiger partial charge in [-0.2, -0.15) is 5.26 Å². The highest BCUT2D eigenvalue weighted by atomic mass is 79.9. The minimum absolute atomic E-state index is 0.469. The lowest BCUT2D eigenvalue weighted by Gasteiger charge is -2.09. The Morgan fingerprint density at radius 3 is 2.59 bits per heavy atom. The molecule has 2 N–H and O–H groups in total. The van der Waals surface area contributed by atoms with Crippen LogP contribution in [0.3, 0.4) is 0 Å². The lowest BCUT2D eigenvalue weighted by molar-refractivity contribution is 0.483. The van der Waals surface area contributed by atoms with E-state index in [9.17, 15) is 0 Å². The van der Waals surface area contributed by atoms with Gasteiger partial charge in [0.1, 0.15) is 17.6 Å². The van der Waals surface area contributed by atoms with Crippen molar-refractivity contribution >= 4 is 21.6 Å². The van der Waals surface area contributed by atoms with Gasteiger partial charge in [-0.1, -0.05) is 28.1 Å². The number of benzene rings is 2. The van der Waals surface area contributed by atoms with E-state index in [2.05, 4.69) is 22.0 Å². The highest BCUT2D eigenvalue weighted by Gasteiger charge is 2.07. The first-order chi connectivity index (χ1) is 8.20. The number of hydrogen-bond donors (Lipinski definition) is 1. The second-order valence-electron chi connectivity index (χ2n) is 3.39. The first-order valence-electron chi connectivity index (χ1n) is 4.92. The third-order valence-electron chi connectivity index (χ3n) is 2.20. The van der Waals surface area contributed by atoms with Gasteiger partial charge in [0.05, 0.1) is 11.3 Å². The van der Waals surface area contributed by atoms with Crippen LogP contribution in [0.2, 0.25) is 0 Å². The van der Waals surface area contributed by atoms with Crippen molar-refractivity contribution in [1.29, 1.82) is 5.26 Å². The van der Waals surface area contributed by atoms with E-state index in [1.165, 1.54) is 0 Å². The van der Waals surface area contributed by atoms with Gasteiger partial charge in [-0.25, -0.2) is 0 Å². The normalized spacial score (nSPS) is 9.65. The third kappa shape index (κ3) is 2.58. The molecule has 0 fully saturated rings. The number of rotatable bonds is 2. The number of halogens is 1. The van der Waals surface area contributed by atoms with E-state index >= 15 is 0 Å². The Balaban J connectivity index is 2.40. The molecule has 17 heavy (non-hydrogen) atoms. The maximum Gasteiger partial charge on any atom is 0.150 e. The van der Waals surface area contributed by atoms with Crippen LogP contribution < -0.4 is 10.5 Å². The number of nitrogens with two attached hydrogens (primary N) is 1. The lowest BCUT2D eigenvalue weighted by atomic mass is 10.2. The molecule has 0 heterocycles. The molecule has 3 nitrogen and oxygen atoms in total. The van der Waals surface area contributed by atoms with E-state index in [1.54, 1.807) is 30.3 Å². The largest absolute Gasteiger partial charge is 0.454 e. The summed E-state index contributed by atoms with van der Waals surface area (Å²) in [6, 6.07) is 14.5. The fourth-order valence-corrected chi connectivity index (χ4v) is 1.71. The SMILES string of the molecule is N#Cc1ccc(Br)cc1Oc1ccccc1N. The van der Waals surface area contributed by atoms with E-state index in [0.717, 1.165) is 4.47 Å². The van der Waals surface area contributed by atoms with Gasteiger partial charge in [0.25, 0.3) is 0 Å². The molecule has 0 aliphatic carbocycles. The molecule has 0 aliphatic heterocycles. The molecule has 0 bridgehead atoms. The van der Waals surface area contributed by atoms with Crippen molar-refractivity contribution in [2.45, 2.75) is 0 Å². The summed E-state index contributed by atoms with van der Waals surface area (Å²) in [7, 11) is 0. The van der Waals surface area contributed by atoms with Crippen molar-refractivity contribution in [2.75, 3.05) is 5.73 Å². The van der Waals surface area contributed by atoms with Crippen molar-refractivity contribution in [3.63, 3.8) is 0 Å². The van der Waals surface area contributed by atoms with E-state index in [4.69, 9.17) is 15.7 Å². The lowest BCUT2D eigenvalue weighted by Crippen LogP contribution is -1.93. The first kappa shape index (κ1) is 11.5. The van der Waals surface area contributed by atoms with E-state index < -0.39 is 0 Å². The Kier molecular flexibility index (Phi) is 3.31. The van der Waals surface area contributed by atoms with Crippen LogP contribution in [0.15, 0.2) is 46.9 Å². The highest BCUT2D eigenvalue weighted by Crippen LogP contribution is 2.31. The maximum absolute atomic E-state index is 8.98. The second kappa shape index (κ2) is 4.89. The van der Waals surface area contributed by atoms with Gasteiger partial charge in [0, 0.05) is 4.47 Å². The number of hydrogen-bond acceptors (Lipinski definition) is 3. The van der Waals surface area contributed by atoms with Gasteiger partial charge in [0.15, 0.2) is 0 Å². The Hall–Kier alpha value is -1.99. The monoisotopic (exact) mass is 288 g/mol. The van der Waals surface area contributed by atoms with E-state index in [1.807, 2.05) is 12.1 Å². The molecule has 2 rings (SSSR count). The van der Waals surface area contributed by atoms with E-state index in [0.29, 0.717) is 22.7 Å². The van der Waals surface area contributed by atoms with Crippen molar-refractivity contribution in [3.05, 3.63) is 52.5 Å². The molecular weight excluding hydrogens is 280 g/mol. The smallest absolute Gasteiger partial charge is 0.150 e. The highest BCUT2D eigenvalue weighted by molar-refractivity contribution is 9.10. The number of anilines is 1. The summed E-state index contributed by atoms with van der Waals surface area (Å²) in [6.07, 6.45) is 0. The Morgan fingerprint density at radius 1 is 1.12 bits per heavy atom. The average Bonchev–Trinajstić information content (AvgIpc) is 2.32. The predicted octanol–water partition coefficient (Wildman–Crippen LogP) is 3.70. The molecule has 0 aromatic heterocycles. The minimum atomic E-state index is 0.469. The molecular formula is C13H9BrN2O. The van der Waals surface area contributed by atoms with Gasteiger partial charge >= 0.3 is 0 Å². The van der Waals surface area contributed by atoms with Crippen LogP contribution >= 0.6 is 15.9 Å². The zero-order chi connectivity index (χ0) is 12.3. The average molecular weight is 289 g/mol. The van der Waals surface area contributed by atoms with Crippen molar-refractivity contribution in [3.8, 4) is 17.6 Å². The summed E-state index contributed by atoms with van der Waals surface area (Å²) in [6.45, 7) is 0. The minimum Gasteiger partial charge on any atom is -0.454 e. The summed E-state index contributed by atoms with van der Waals surface area (Å²) in [4.78, 5) is 0. The Bertz CT molecular complexity index is 590. The van der Waals surface area contributed by atoms with Crippen LogP contribution in [-0.4, -0.2) is 0 Å². The molecule has 0 unspecified atom stereocenters. The van der Waals surface area contributed by atoms with Gasteiger partial charge in [-0.05, 0) is 30.3 Å². The molecule has 0 aliphatic rings. The molecule has 2 aromatic carbocycles. The summed E-state index contributed by atoms with van der Waals surface area (Å²) in [5.41, 5.74) is 6.79. The van der Waals surface area contributed by atoms with Crippen LogP contribution in [0.4, 0.5) is 5.69 Å². The molecule has 2 aromatic rings. The summed E-state index contributed by atoms with van der Waals surface area (Å²) < 4.78 is 6.48. The fraction of sp³-hybridized carbons (Fsp3) is 0.